The average molecular weight is 476 g/mol. The maximum Gasteiger partial charge on any atom is 0.312 e. The number of carboxylic acid groups (broad SMARTS) is 1. The second kappa shape index (κ2) is 8.84. The number of aliphatic carboxylic acids is 1. The molecule has 0 amide bonds. The van der Waals surface area contributed by atoms with Crippen LogP contribution in [-0.2, 0) is 16.9 Å². The molecule has 1 saturated carbocycles. The van der Waals surface area contributed by atoms with Crippen molar-refractivity contribution in [3.05, 3.63) is 107 Å². The molecular formula is C29H30ClNO3. The molecule has 5 unspecified atom stereocenters. The number of fused-ring (bicyclic) bond motifs is 1. The lowest BCUT2D eigenvalue weighted by Crippen LogP contribution is -2.57. The smallest absolute Gasteiger partial charge is 0.312 e. The maximum absolute atomic E-state index is 13.3. The second-order valence-electron chi connectivity index (χ2n) is 9.89. The van der Waals surface area contributed by atoms with Crippen molar-refractivity contribution in [2.75, 3.05) is 6.54 Å². The van der Waals surface area contributed by atoms with Crippen LogP contribution in [0.1, 0.15) is 42.4 Å². The normalized spacial score (nSPS) is 31.2. The molecule has 1 heterocycles. The summed E-state index contributed by atoms with van der Waals surface area (Å²) in [6.45, 7) is 3.11. The van der Waals surface area contributed by atoms with Crippen molar-refractivity contribution in [1.29, 1.82) is 0 Å². The minimum atomic E-state index is -1.26. The lowest BCUT2D eigenvalue weighted by Gasteiger charge is -2.52. The first-order chi connectivity index (χ1) is 16.4. The van der Waals surface area contributed by atoms with E-state index in [-0.39, 0.29) is 12.0 Å². The van der Waals surface area contributed by atoms with Gasteiger partial charge in [0.1, 0.15) is 0 Å². The molecule has 2 N–H and O–H groups in total. The zero-order valence-corrected chi connectivity index (χ0v) is 20.0. The van der Waals surface area contributed by atoms with Gasteiger partial charge in [-0.25, -0.2) is 0 Å². The predicted octanol–water partition coefficient (Wildman–Crippen LogP) is 5.70. The molecule has 4 nitrogen and oxygen atoms in total. The van der Waals surface area contributed by atoms with E-state index in [1.54, 1.807) is 12.1 Å². The van der Waals surface area contributed by atoms with Crippen molar-refractivity contribution in [3.63, 3.8) is 0 Å². The maximum atomic E-state index is 13.3. The van der Waals surface area contributed by atoms with Crippen molar-refractivity contribution in [1.82, 2.24) is 4.90 Å². The van der Waals surface area contributed by atoms with Gasteiger partial charge in [0.2, 0.25) is 0 Å². The molecule has 5 atom stereocenters. The summed E-state index contributed by atoms with van der Waals surface area (Å²) in [4.78, 5) is 15.5. The Morgan fingerprint density at radius 2 is 1.62 bits per heavy atom. The highest BCUT2D eigenvalue weighted by molar-refractivity contribution is 6.30. The minimum absolute atomic E-state index is 0.136. The number of nitrogens with zero attached hydrogens (tertiary/aromatic N) is 1. The Morgan fingerprint density at radius 3 is 2.24 bits per heavy atom. The van der Waals surface area contributed by atoms with Gasteiger partial charge in [0.15, 0.2) is 0 Å². The molecule has 2 fully saturated rings. The van der Waals surface area contributed by atoms with Gasteiger partial charge in [0, 0.05) is 36.0 Å². The quantitative estimate of drug-likeness (QED) is 0.497. The number of hydrogen-bond donors (Lipinski definition) is 2. The third kappa shape index (κ3) is 3.65. The van der Waals surface area contributed by atoms with Crippen LogP contribution in [0.15, 0.2) is 84.9 Å². The molecule has 3 aromatic carbocycles. The predicted molar refractivity (Wildman–Crippen MR) is 134 cm³/mol. The average Bonchev–Trinajstić information content (AvgIpc) is 3.15. The molecule has 34 heavy (non-hydrogen) atoms. The summed E-state index contributed by atoms with van der Waals surface area (Å²) in [5, 5.41) is 23.8. The molecule has 5 heteroatoms. The molecule has 176 valence electrons. The number of rotatable bonds is 5. The number of carboxylic acids is 1. The van der Waals surface area contributed by atoms with Gasteiger partial charge < -0.3 is 10.2 Å². The van der Waals surface area contributed by atoms with Crippen LogP contribution in [0.2, 0.25) is 5.02 Å². The van der Waals surface area contributed by atoms with E-state index in [4.69, 9.17) is 11.6 Å². The molecular weight excluding hydrogens is 446 g/mol. The van der Waals surface area contributed by atoms with Crippen molar-refractivity contribution in [2.45, 2.75) is 43.9 Å². The summed E-state index contributed by atoms with van der Waals surface area (Å²) in [6.07, 6.45) is 1.09. The van der Waals surface area contributed by atoms with Crippen molar-refractivity contribution in [3.8, 4) is 0 Å². The zero-order valence-electron chi connectivity index (χ0n) is 19.3. The fourth-order valence-electron chi connectivity index (χ4n) is 6.73. The van der Waals surface area contributed by atoms with Crippen LogP contribution in [0.25, 0.3) is 0 Å². The summed E-state index contributed by atoms with van der Waals surface area (Å²) in [5.74, 6) is -1.51. The van der Waals surface area contributed by atoms with Crippen LogP contribution in [0.5, 0.6) is 0 Å². The fraction of sp³-hybridized carbons (Fsp3) is 0.345. The zero-order chi connectivity index (χ0) is 23.9. The summed E-state index contributed by atoms with van der Waals surface area (Å²) >= 11 is 6.15. The van der Waals surface area contributed by atoms with Gasteiger partial charge in [-0.1, -0.05) is 84.4 Å². The van der Waals surface area contributed by atoms with Crippen LogP contribution in [0, 0.1) is 11.3 Å². The number of halogens is 1. The van der Waals surface area contributed by atoms with E-state index in [0.717, 1.165) is 16.7 Å². The van der Waals surface area contributed by atoms with Gasteiger partial charge in [-0.05, 0) is 48.6 Å². The van der Waals surface area contributed by atoms with Gasteiger partial charge in [-0.3, -0.25) is 9.69 Å². The van der Waals surface area contributed by atoms with Gasteiger partial charge in [-0.2, -0.15) is 0 Å². The Morgan fingerprint density at radius 1 is 1.00 bits per heavy atom. The van der Waals surface area contributed by atoms with E-state index in [0.29, 0.717) is 31.0 Å². The Labute approximate surface area is 205 Å². The van der Waals surface area contributed by atoms with E-state index in [1.807, 2.05) is 60.7 Å². The Hall–Kier alpha value is -2.66. The lowest BCUT2D eigenvalue weighted by atomic mass is 9.52. The highest BCUT2D eigenvalue weighted by Crippen LogP contribution is 2.63. The van der Waals surface area contributed by atoms with E-state index >= 15 is 0 Å². The highest BCUT2D eigenvalue weighted by atomic mass is 35.5. The molecule has 5 rings (SSSR count). The molecule has 0 bridgehead atoms. The van der Waals surface area contributed by atoms with Crippen LogP contribution in [-0.4, -0.2) is 33.7 Å². The first-order valence-corrected chi connectivity index (χ1v) is 12.3. The Balaban J connectivity index is 1.65. The van der Waals surface area contributed by atoms with Crippen LogP contribution < -0.4 is 0 Å². The summed E-state index contributed by atoms with van der Waals surface area (Å²) in [5.41, 5.74) is 0.524. The largest absolute Gasteiger partial charge is 0.481 e. The molecule has 1 aliphatic heterocycles. The third-order valence-corrected chi connectivity index (χ3v) is 8.45. The van der Waals surface area contributed by atoms with E-state index in [1.165, 1.54) is 0 Å². The Bertz CT molecular complexity index is 1150. The lowest BCUT2D eigenvalue weighted by molar-refractivity contribution is -0.172. The Kier molecular flexibility index (Phi) is 6.01. The first-order valence-electron chi connectivity index (χ1n) is 11.9. The molecule has 3 aromatic rings. The number of hydrogen-bond acceptors (Lipinski definition) is 3. The van der Waals surface area contributed by atoms with Crippen LogP contribution >= 0.6 is 11.6 Å². The molecule has 1 aliphatic carbocycles. The standard InChI is InChI=1S/C29H30ClNO3/c1-20-26-28(27(32)33,19-31(20)18-21-8-4-2-5-9-21)25(22-10-6-3-7-11-22)16-17-29(26,34)23-12-14-24(30)15-13-23/h2-15,20,25-26,34H,16-19H2,1H3,(H,32,33). The summed E-state index contributed by atoms with van der Waals surface area (Å²) in [6, 6.07) is 27.2. The third-order valence-electron chi connectivity index (χ3n) is 8.20. The van der Waals surface area contributed by atoms with Gasteiger partial charge in [0.05, 0.1) is 11.0 Å². The van der Waals surface area contributed by atoms with Crippen molar-refractivity contribution >= 4 is 17.6 Å². The van der Waals surface area contributed by atoms with E-state index in [2.05, 4.69) is 24.0 Å². The van der Waals surface area contributed by atoms with Crippen molar-refractivity contribution in [2.24, 2.45) is 11.3 Å². The van der Waals surface area contributed by atoms with Crippen molar-refractivity contribution < 1.29 is 15.0 Å². The molecule has 0 spiro atoms. The number of carbonyl (C=O) groups is 1. The summed E-state index contributed by atoms with van der Waals surface area (Å²) in [7, 11) is 0. The van der Waals surface area contributed by atoms with E-state index in [9.17, 15) is 15.0 Å². The van der Waals surface area contributed by atoms with Crippen LogP contribution in [0.4, 0.5) is 0 Å². The minimum Gasteiger partial charge on any atom is -0.481 e. The number of benzene rings is 3. The molecule has 0 radical (unpaired) electrons. The van der Waals surface area contributed by atoms with Crippen LogP contribution in [0.3, 0.4) is 0 Å². The highest BCUT2D eigenvalue weighted by Gasteiger charge is 2.68. The fourth-order valence-corrected chi connectivity index (χ4v) is 6.85. The monoisotopic (exact) mass is 475 g/mol. The van der Waals surface area contributed by atoms with Gasteiger partial charge >= 0.3 is 5.97 Å². The van der Waals surface area contributed by atoms with Gasteiger partial charge in [-0.15, -0.1) is 0 Å². The second-order valence-corrected chi connectivity index (χ2v) is 10.3. The molecule has 2 aliphatic rings. The molecule has 1 saturated heterocycles. The van der Waals surface area contributed by atoms with E-state index < -0.39 is 22.9 Å². The number of likely N-dealkylation sites (tertiary alicyclic amines) is 1. The number of aliphatic hydroxyl groups is 1. The van der Waals surface area contributed by atoms with Gasteiger partial charge in [0.25, 0.3) is 0 Å². The summed E-state index contributed by atoms with van der Waals surface area (Å²) < 4.78 is 0. The first kappa shape index (κ1) is 23.1. The topological polar surface area (TPSA) is 60.8 Å². The SMILES string of the molecule is CC1C2C(O)(c3ccc(Cl)cc3)CCC(c3ccccc3)C2(C(=O)O)CN1Cc1ccccc1. The molecule has 0 aromatic heterocycles.